The SMILES string of the molecule is NN[B]CCCP(=O)(O)O. The van der Waals surface area contributed by atoms with Gasteiger partial charge in [-0.2, -0.15) is 0 Å². The molecule has 59 valence electrons. The molecule has 0 aliphatic carbocycles. The lowest BCUT2D eigenvalue weighted by atomic mass is 9.89. The Kier molecular flexibility index (Phi) is 4.94. The predicted octanol–water partition coefficient (Wildman–Crippen LogP) is -0.945. The molecule has 5 nitrogen and oxygen atoms in total. The summed E-state index contributed by atoms with van der Waals surface area (Å²) < 4.78 is 10.2. The highest BCUT2D eigenvalue weighted by Gasteiger charge is 2.10. The van der Waals surface area contributed by atoms with E-state index in [9.17, 15) is 4.57 Å². The molecule has 0 saturated heterocycles. The molecule has 0 bridgehead atoms. The third-order valence-electron chi connectivity index (χ3n) is 0.916. The first-order valence-electron chi connectivity index (χ1n) is 2.88. The van der Waals surface area contributed by atoms with Crippen molar-refractivity contribution in [1.82, 2.24) is 5.34 Å². The molecule has 0 aromatic rings. The Bertz CT molecular complexity index is 127. The minimum Gasteiger partial charge on any atom is -0.324 e. The van der Waals surface area contributed by atoms with Crippen molar-refractivity contribution in [1.29, 1.82) is 0 Å². The van der Waals surface area contributed by atoms with Gasteiger partial charge in [-0.25, -0.2) is 0 Å². The number of nitrogens with two attached hydrogens (primary N) is 1. The van der Waals surface area contributed by atoms with Crippen LogP contribution < -0.4 is 11.2 Å². The molecule has 10 heavy (non-hydrogen) atoms. The Balaban J connectivity index is 3.13. The zero-order valence-electron chi connectivity index (χ0n) is 5.53. The Morgan fingerprint density at radius 1 is 1.60 bits per heavy atom. The fraction of sp³-hybridized carbons (Fsp3) is 1.00. The molecular formula is C3H11BN2O3P. The van der Waals surface area contributed by atoms with Crippen molar-refractivity contribution in [2.24, 2.45) is 5.84 Å². The lowest BCUT2D eigenvalue weighted by Gasteiger charge is -2.01. The van der Waals surface area contributed by atoms with E-state index in [1.165, 1.54) is 0 Å². The van der Waals surface area contributed by atoms with Crippen molar-refractivity contribution in [3.63, 3.8) is 0 Å². The van der Waals surface area contributed by atoms with E-state index in [0.717, 1.165) is 0 Å². The average Bonchev–Trinajstić information content (AvgIpc) is 1.78. The van der Waals surface area contributed by atoms with Gasteiger partial charge in [0.1, 0.15) is 0 Å². The lowest BCUT2D eigenvalue weighted by Crippen LogP contribution is -2.26. The maximum absolute atomic E-state index is 10.2. The molecule has 0 atom stereocenters. The van der Waals surface area contributed by atoms with E-state index in [2.05, 4.69) is 5.34 Å². The quantitative estimate of drug-likeness (QED) is 0.138. The topological polar surface area (TPSA) is 95.6 Å². The molecule has 0 aromatic heterocycles. The van der Waals surface area contributed by atoms with Gasteiger partial charge in [-0.15, -0.1) is 0 Å². The number of hydrazine groups is 1. The van der Waals surface area contributed by atoms with Gasteiger partial charge in [0.25, 0.3) is 0 Å². The first-order valence-corrected chi connectivity index (χ1v) is 4.68. The number of nitrogens with one attached hydrogen (secondary N) is 1. The van der Waals surface area contributed by atoms with E-state index in [-0.39, 0.29) is 6.16 Å². The summed E-state index contributed by atoms with van der Waals surface area (Å²) in [4.78, 5) is 16.7. The monoisotopic (exact) mass is 165 g/mol. The first-order chi connectivity index (χ1) is 4.56. The number of hydrogen-bond acceptors (Lipinski definition) is 3. The highest BCUT2D eigenvalue weighted by atomic mass is 31.2. The van der Waals surface area contributed by atoms with Gasteiger partial charge < -0.3 is 15.1 Å². The van der Waals surface area contributed by atoms with Crippen molar-refractivity contribution in [2.45, 2.75) is 12.7 Å². The molecule has 0 aliphatic heterocycles. The van der Waals surface area contributed by atoms with Gasteiger partial charge in [-0.3, -0.25) is 10.4 Å². The highest BCUT2D eigenvalue weighted by Crippen LogP contribution is 2.35. The minimum atomic E-state index is -3.79. The maximum Gasteiger partial charge on any atom is 0.325 e. The second-order valence-electron chi connectivity index (χ2n) is 1.90. The molecule has 5 N–H and O–H groups in total. The van der Waals surface area contributed by atoms with Crippen LogP contribution >= 0.6 is 7.60 Å². The van der Waals surface area contributed by atoms with Crippen LogP contribution in [0.3, 0.4) is 0 Å². The van der Waals surface area contributed by atoms with Crippen LogP contribution in [-0.4, -0.2) is 23.4 Å². The second-order valence-corrected chi connectivity index (χ2v) is 3.68. The van der Waals surface area contributed by atoms with Gasteiger partial charge in [-0.1, -0.05) is 6.32 Å². The molecule has 0 rings (SSSR count). The first kappa shape index (κ1) is 10.1. The fourth-order valence-corrected chi connectivity index (χ4v) is 1.08. The third kappa shape index (κ3) is 8.13. The van der Waals surface area contributed by atoms with Crippen LogP contribution in [0.5, 0.6) is 0 Å². The van der Waals surface area contributed by atoms with Crippen LogP contribution in [0.15, 0.2) is 0 Å². The minimum absolute atomic E-state index is 0.0782. The van der Waals surface area contributed by atoms with Crippen LogP contribution in [-0.2, 0) is 4.57 Å². The van der Waals surface area contributed by atoms with Gasteiger partial charge >= 0.3 is 7.60 Å². The smallest absolute Gasteiger partial charge is 0.324 e. The Morgan fingerprint density at radius 2 is 2.20 bits per heavy atom. The van der Waals surface area contributed by atoms with Crippen LogP contribution in [0.25, 0.3) is 0 Å². The average molecular weight is 165 g/mol. The Labute approximate surface area is 60.4 Å². The third-order valence-corrected chi connectivity index (χ3v) is 1.81. The normalized spacial score (nSPS) is 11.5. The highest BCUT2D eigenvalue weighted by molar-refractivity contribution is 7.51. The van der Waals surface area contributed by atoms with Crippen molar-refractivity contribution in [3.8, 4) is 0 Å². The molecular weight excluding hydrogens is 154 g/mol. The molecule has 0 amide bonds. The summed E-state index contributed by atoms with van der Waals surface area (Å²) in [7, 11) is -2.24. The van der Waals surface area contributed by atoms with E-state index >= 15 is 0 Å². The summed E-state index contributed by atoms with van der Waals surface area (Å²) in [6.45, 7) is 0. The summed E-state index contributed by atoms with van der Waals surface area (Å²) in [5.74, 6) is 4.88. The summed E-state index contributed by atoms with van der Waals surface area (Å²) >= 11 is 0. The Hall–Kier alpha value is 0.135. The van der Waals surface area contributed by atoms with Crippen LogP contribution in [0.1, 0.15) is 6.42 Å². The molecule has 7 heteroatoms. The zero-order chi connectivity index (χ0) is 8.04. The fourth-order valence-electron chi connectivity index (χ4n) is 0.483. The van der Waals surface area contributed by atoms with Gasteiger partial charge in [-0.05, 0) is 6.42 Å². The van der Waals surface area contributed by atoms with Gasteiger partial charge in [0.15, 0.2) is 0 Å². The summed E-state index contributed by atoms with van der Waals surface area (Å²) in [5.41, 5.74) is 0. The predicted molar refractivity (Wildman–Crippen MR) is 39.4 cm³/mol. The molecule has 0 unspecified atom stereocenters. The van der Waals surface area contributed by atoms with E-state index in [0.29, 0.717) is 12.7 Å². The molecule has 0 aliphatic rings. The molecule has 0 saturated carbocycles. The Morgan fingerprint density at radius 3 is 2.60 bits per heavy atom. The molecule has 0 aromatic carbocycles. The van der Waals surface area contributed by atoms with Gasteiger partial charge in [0.2, 0.25) is 7.41 Å². The summed E-state index contributed by atoms with van der Waals surface area (Å²) in [6.07, 6.45) is 0.946. The molecule has 0 spiro atoms. The summed E-state index contributed by atoms with van der Waals surface area (Å²) in [5, 5.41) is 2.28. The van der Waals surface area contributed by atoms with Crippen molar-refractivity contribution < 1.29 is 14.4 Å². The van der Waals surface area contributed by atoms with Crippen LogP contribution in [0, 0.1) is 0 Å². The second kappa shape index (κ2) is 4.88. The van der Waals surface area contributed by atoms with E-state index in [1.54, 1.807) is 7.41 Å². The molecule has 0 heterocycles. The molecule has 0 fully saturated rings. The van der Waals surface area contributed by atoms with Crippen molar-refractivity contribution in [2.75, 3.05) is 6.16 Å². The van der Waals surface area contributed by atoms with Gasteiger partial charge in [0.05, 0.1) is 0 Å². The lowest BCUT2D eigenvalue weighted by molar-refractivity contribution is 0.372. The van der Waals surface area contributed by atoms with E-state index in [1.807, 2.05) is 0 Å². The zero-order valence-corrected chi connectivity index (χ0v) is 6.42. The number of rotatable bonds is 5. The van der Waals surface area contributed by atoms with E-state index < -0.39 is 7.60 Å². The number of hydrogen-bond donors (Lipinski definition) is 4. The molecule has 1 radical (unpaired) electrons. The summed E-state index contributed by atoms with van der Waals surface area (Å²) in [6, 6.07) is 0. The largest absolute Gasteiger partial charge is 0.325 e. The standard InChI is InChI=1S/C3H11BN2O3P/c5-6-4-2-1-3-10(7,8)9/h6H,1-3,5H2,(H2,7,8,9). The van der Waals surface area contributed by atoms with Crippen LogP contribution in [0.4, 0.5) is 0 Å². The van der Waals surface area contributed by atoms with Crippen molar-refractivity contribution in [3.05, 3.63) is 0 Å². The maximum atomic E-state index is 10.2. The van der Waals surface area contributed by atoms with Crippen LogP contribution in [0.2, 0.25) is 6.32 Å². The van der Waals surface area contributed by atoms with E-state index in [4.69, 9.17) is 15.6 Å². The van der Waals surface area contributed by atoms with Crippen molar-refractivity contribution >= 4 is 15.0 Å². The van der Waals surface area contributed by atoms with Gasteiger partial charge in [0, 0.05) is 6.16 Å².